The first kappa shape index (κ1) is 16.1. The highest BCUT2D eigenvalue weighted by atomic mass is 16.1. The van der Waals surface area contributed by atoms with Gasteiger partial charge in [-0.2, -0.15) is 5.26 Å². The van der Waals surface area contributed by atoms with Gasteiger partial charge in [-0.3, -0.25) is 4.79 Å². The fraction of sp³-hybridized carbons (Fsp3) is 0.0526. The minimum atomic E-state index is -0.268. The van der Waals surface area contributed by atoms with E-state index in [4.69, 9.17) is 5.26 Å². The van der Waals surface area contributed by atoms with Crippen molar-refractivity contribution in [3.8, 4) is 6.07 Å². The highest BCUT2D eigenvalue weighted by molar-refractivity contribution is 6.03. The van der Waals surface area contributed by atoms with Gasteiger partial charge in [-0.15, -0.1) is 0 Å². The monoisotopic (exact) mass is 329 g/mol. The molecule has 0 atom stereocenters. The van der Waals surface area contributed by atoms with Crippen LogP contribution in [-0.2, 0) is 0 Å². The third-order valence-corrected chi connectivity index (χ3v) is 3.46. The number of aryl methyl sites for hydroxylation is 1. The molecule has 0 saturated heterocycles. The first-order valence-corrected chi connectivity index (χ1v) is 7.61. The van der Waals surface area contributed by atoms with Gasteiger partial charge in [-0.05, 0) is 48.9 Å². The summed E-state index contributed by atoms with van der Waals surface area (Å²) < 4.78 is 0. The molecule has 122 valence electrons. The molecule has 2 N–H and O–H groups in total. The predicted molar refractivity (Wildman–Crippen MR) is 95.6 cm³/mol. The fourth-order valence-corrected chi connectivity index (χ4v) is 2.19. The van der Waals surface area contributed by atoms with E-state index < -0.39 is 0 Å². The molecule has 0 radical (unpaired) electrons. The third kappa shape index (κ3) is 4.18. The second-order valence-corrected chi connectivity index (χ2v) is 5.43. The Morgan fingerprint density at radius 2 is 1.76 bits per heavy atom. The van der Waals surface area contributed by atoms with Crippen LogP contribution in [0, 0.1) is 18.3 Å². The van der Waals surface area contributed by atoms with E-state index in [-0.39, 0.29) is 5.91 Å². The molecule has 0 aliphatic carbocycles. The number of carbonyl (C=O) groups is 1. The SMILES string of the molecule is Cc1cccc(NC(=O)c2cnc(Nc3ccc(C#N)cc3)nc2)c1. The first-order chi connectivity index (χ1) is 12.1. The number of nitrogens with zero attached hydrogens (tertiary/aromatic N) is 3. The van der Waals surface area contributed by atoms with Crippen LogP contribution in [0.15, 0.2) is 60.9 Å². The van der Waals surface area contributed by atoms with Crippen LogP contribution in [0.1, 0.15) is 21.5 Å². The van der Waals surface area contributed by atoms with E-state index in [1.807, 2.05) is 31.2 Å². The molecule has 0 aliphatic heterocycles. The Labute approximate surface area is 145 Å². The topological polar surface area (TPSA) is 90.7 Å². The van der Waals surface area contributed by atoms with E-state index in [1.54, 1.807) is 24.3 Å². The number of hydrogen-bond donors (Lipinski definition) is 2. The van der Waals surface area contributed by atoms with Crippen molar-refractivity contribution in [3.05, 3.63) is 77.6 Å². The number of nitriles is 1. The molecule has 0 saturated carbocycles. The van der Waals surface area contributed by atoms with Crippen LogP contribution in [-0.4, -0.2) is 15.9 Å². The van der Waals surface area contributed by atoms with Gasteiger partial charge in [0.2, 0.25) is 5.95 Å². The minimum Gasteiger partial charge on any atom is -0.324 e. The van der Waals surface area contributed by atoms with Crippen LogP contribution < -0.4 is 10.6 Å². The van der Waals surface area contributed by atoms with Crippen molar-refractivity contribution in [1.29, 1.82) is 5.26 Å². The quantitative estimate of drug-likeness (QED) is 0.762. The second kappa shape index (κ2) is 7.23. The summed E-state index contributed by atoms with van der Waals surface area (Å²) in [5.41, 5.74) is 3.50. The zero-order chi connectivity index (χ0) is 17.6. The molecule has 1 heterocycles. The molecule has 6 heteroatoms. The average Bonchev–Trinajstić information content (AvgIpc) is 2.63. The number of anilines is 3. The summed E-state index contributed by atoms with van der Waals surface area (Å²) in [7, 11) is 0. The number of hydrogen-bond acceptors (Lipinski definition) is 5. The molecule has 25 heavy (non-hydrogen) atoms. The summed E-state index contributed by atoms with van der Waals surface area (Å²) in [5, 5.41) is 14.6. The lowest BCUT2D eigenvalue weighted by atomic mass is 10.2. The molecule has 0 aliphatic rings. The molecule has 2 aromatic carbocycles. The number of aromatic nitrogens is 2. The van der Waals surface area contributed by atoms with Crippen LogP contribution >= 0.6 is 0 Å². The number of rotatable bonds is 4. The molecule has 0 fully saturated rings. The first-order valence-electron chi connectivity index (χ1n) is 7.61. The van der Waals surface area contributed by atoms with Crippen LogP contribution in [0.3, 0.4) is 0 Å². The third-order valence-electron chi connectivity index (χ3n) is 3.46. The number of nitrogens with one attached hydrogen (secondary N) is 2. The normalized spacial score (nSPS) is 9.92. The second-order valence-electron chi connectivity index (χ2n) is 5.43. The maximum absolute atomic E-state index is 12.2. The molecule has 0 unspecified atom stereocenters. The van der Waals surface area contributed by atoms with Gasteiger partial charge in [-0.25, -0.2) is 9.97 Å². The highest BCUT2D eigenvalue weighted by Gasteiger charge is 2.08. The Balaban J connectivity index is 1.66. The maximum atomic E-state index is 12.2. The lowest BCUT2D eigenvalue weighted by molar-refractivity contribution is 0.102. The Hall–Kier alpha value is -3.72. The number of benzene rings is 2. The van der Waals surface area contributed by atoms with E-state index in [9.17, 15) is 4.79 Å². The highest BCUT2D eigenvalue weighted by Crippen LogP contribution is 2.14. The van der Waals surface area contributed by atoms with Crippen molar-refractivity contribution in [2.24, 2.45) is 0 Å². The van der Waals surface area contributed by atoms with E-state index in [1.165, 1.54) is 12.4 Å². The standard InChI is InChI=1S/C19H15N5O/c1-13-3-2-4-17(9-13)23-18(25)15-11-21-19(22-12-15)24-16-7-5-14(10-20)6-8-16/h2-9,11-12H,1H3,(H,23,25)(H,21,22,24). The van der Waals surface area contributed by atoms with Crippen molar-refractivity contribution >= 4 is 23.2 Å². The molecule has 0 spiro atoms. The molecule has 1 aromatic heterocycles. The summed E-state index contributed by atoms with van der Waals surface area (Å²) in [6.07, 6.45) is 2.92. The van der Waals surface area contributed by atoms with Gasteiger partial charge < -0.3 is 10.6 Å². The molecule has 0 bridgehead atoms. The van der Waals surface area contributed by atoms with Crippen molar-refractivity contribution in [2.45, 2.75) is 6.92 Å². The molecule has 3 aromatic rings. The lowest BCUT2D eigenvalue weighted by Crippen LogP contribution is -2.13. The van der Waals surface area contributed by atoms with Crippen LogP contribution in [0.5, 0.6) is 0 Å². The Morgan fingerprint density at radius 3 is 2.40 bits per heavy atom. The zero-order valence-electron chi connectivity index (χ0n) is 13.5. The smallest absolute Gasteiger partial charge is 0.258 e. The Morgan fingerprint density at radius 1 is 1.04 bits per heavy atom. The van der Waals surface area contributed by atoms with Crippen molar-refractivity contribution < 1.29 is 4.79 Å². The van der Waals surface area contributed by atoms with E-state index in [2.05, 4.69) is 26.7 Å². The fourth-order valence-electron chi connectivity index (χ4n) is 2.19. The van der Waals surface area contributed by atoms with E-state index >= 15 is 0 Å². The zero-order valence-corrected chi connectivity index (χ0v) is 13.5. The molecular weight excluding hydrogens is 314 g/mol. The van der Waals surface area contributed by atoms with Gasteiger partial charge >= 0.3 is 0 Å². The average molecular weight is 329 g/mol. The lowest BCUT2D eigenvalue weighted by Gasteiger charge is -2.07. The minimum absolute atomic E-state index is 0.268. The van der Waals surface area contributed by atoms with Gasteiger partial charge in [0, 0.05) is 23.8 Å². The number of amides is 1. The van der Waals surface area contributed by atoms with Crippen LogP contribution in [0.2, 0.25) is 0 Å². The van der Waals surface area contributed by atoms with Crippen LogP contribution in [0.25, 0.3) is 0 Å². The maximum Gasteiger partial charge on any atom is 0.258 e. The summed E-state index contributed by atoms with van der Waals surface area (Å²) in [4.78, 5) is 20.5. The predicted octanol–water partition coefficient (Wildman–Crippen LogP) is 3.65. The van der Waals surface area contributed by atoms with Gasteiger partial charge in [0.25, 0.3) is 5.91 Å². The van der Waals surface area contributed by atoms with E-state index in [0.29, 0.717) is 17.1 Å². The van der Waals surface area contributed by atoms with Crippen molar-refractivity contribution in [1.82, 2.24) is 9.97 Å². The molecule has 6 nitrogen and oxygen atoms in total. The summed E-state index contributed by atoms with van der Waals surface area (Å²) in [6.45, 7) is 1.96. The summed E-state index contributed by atoms with van der Waals surface area (Å²) in [5.74, 6) is 0.104. The Bertz CT molecular complexity index is 927. The van der Waals surface area contributed by atoms with Crippen molar-refractivity contribution in [2.75, 3.05) is 10.6 Å². The van der Waals surface area contributed by atoms with Crippen molar-refractivity contribution in [3.63, 3.8) is 0 Å². The molecule has 3 rings (SSSR count). The van der Waals surface area contributed by atoms with Crippen LogP contribution in [0.4, 0.5) is 17.3 Å². The van der Waals surface area contributed by atoms with E-state index in [0.717, 1.165) is 16.9 Å². The van der Waals surface area contributed by atoms with Gasteiger partial charge in [0.15, 0.2) is 0 Å². The summed E-state index contributed by atoms with van der Waals surface area (Å²) >= 11 is 0. The molecule has 1 amide bonds. The Kier molecular flexibility index (Phi) is 4.67. The van der Waals surface area contributed by atoms with Gasteiger partial charge in [0.05, 0.1) is 17.2 Å². The summed E-state index contributed by atoms with van der Waals surface area (Å²) in [6, 6.07) is 16.5. The van der Waals surface area contributed by atoms with Gasteiger partial charge in [-0.1, -0.05) is 12.1 Å². The van der Waals surface area contributed by atoms with Gasteiger partial charge in [0.1, 0.15) is 0 Å². The number of carbonyl (C=O) groups excluding carboxylic acids is 1. The molecular formula is C19H15N5O. The largest absolute Gasteiger partial charge is 0.324 e.